The third kappa shape index (κ3) is 7.51. The number of halogens is 1. The zero-order chi connectivity index (χ0) is 20.5. The van der Waals surface area contributed by atoms with Gasteiger partial charge in [-0.05, 0) is 52.1 Å². The number of rotatable bonds is 6. The van der Waals surface area contributed by atoms with E-state index in [0.29, 0.717) is 18.5 Å². The van der Waals surface area contributed by atoms with Gasteiger partial charge in [-0.3, -0.25) is 19.6 Å². The molecule has 174 valence electrons. The molecule has 3 aliphatic rings. The van der Waals surface area contributed by atoms with Crippen LogP contribution in [0.5, 0.6) is 0 Å². The van der Waals surface area contributed by atoms with Crippen LogP contribution >= 0.6 is 24.0 Å². The van der Waals surface area contributed by atoms with Crippen molar-refractivity contribution in [3.05, 3.63) is 0 Å². The lowest BCUT2D eigenvalue weighted by Crippen LogP contribution is -2.54. The Bertz CT molecular complexity index is 532. The van der Waals surface area contributed by atoms with Crippen LogP contribution in [0.3, 0.4) is 0 Å². The number of nitrogens with zero attached hydrogens (tertiary/aromatic N) is 5. The van der Waals surface area contributed by atoms with E-state index in [2.05, 4.69) is 38.8 Å². The van der Waals surface area contributed by atoms with Gasteiger partial charge in [0.1, 0.15) is 0 Å². The van der Waals surface area contributed by atoms with Crippen LogP contribution in [0.15, 0.2) is 4.99 Å². The van der Waals surface area contributed by atoms with E-state index in [9.17, 15) is 4.79 Å². The molecule has 0 aromatic rings. The molecule has 3 rings (SSSR count). The average Bonchev–Trinajstić information content (AvgIpc) is 2.78. The van der Waals surface area contributed by atoms with Crippen LogP contribution in [-0.4, -0.2) is 110 Å². The molecule has 3 heterocycles. The van der Waals surface area contributed by atoms with Gasteiger partial charge >= 0.3 is 0 Å². The standard InChI is InChI=1S/C22H42N6O.HI/c1-3-23-22(24-18-20-10-6-9-11-26(20)4-2)28-16-14-25(15-17-28)19-21(29)27-12-7-5-8-13-27;/h20H,3-19H2,1-2H3,(H,23,24);1H. The van der Waals surface area contributed by atoms with Crippen molar-refractivity contribution in [3.63, 3.8) is 0 Å². The van der Waals surface area contributed by atoms with Crippen LogP contribution in [0.4, 0.5) is 0 Å². The number of aliphatic imine (C=N–C) groups is 1. The summed E-state index contributed by atoms with van der Waals surface area (Å²) in [6, 6.07) is 0.589. The maximum atomic E-state index is 12.6. The maximum Gasteiger partial charge on any atom is 0.236 e. The smallest absolute Gasteiger partial charge is 0.236 e. The zero-order valence-electron chi connectivity index (χ0n) is 19.2. The number of likely N-dealkylation sites (N-methyl/N-ethyl adjacent to an activating group) is 1. The summed E-state index contributed by atoms with van der Waals surface area (Å²) in [6.45, 7) is 14.8. The molecule has 0 spiro atoms. The van der Waals surface area contributed by atoms with Crippen molar-refractivity contribution in [2.24, 2.45) is 4.99 Å². The number of amides is 1. The molecule has 8 heteroatoms. The van der Waals surface area contributed by atoms with Crippen LogP contribution in [0.2, 0.25) is 0 Å². The lowest BCUT2D eigenvalue weighted by molar-refractivity contribution is -0.133. The van der Waals surface area contributed by atoms with Crippen LogP contribution in [0.25, 0.3) is 0 Å². The Hall–Kier alpha value is -0.610. The van der Waals surface area contributed by atoms with E-state index in [4.69, 9.17) is 4.99 Å². The van der Waals surface area contributed by atoms with Crippen LogP contribution in [0, 0.1) is 0 Å². The number of piperazine rings is 1. The van der Waals surface area contributed by atoms with Gasteiger partial charge in [0, 0.05) is 51.9 Å². The molecule has 0 aliphatic carbocycles. The largest absolute Gasteiger partial charge is 0.357 e. The number of likely N-dealkylation sites (tertiary alicyclic amines) is 2. The highest BCUT2D eigenvalue weighted by Crippen LogP contribution is 2.17. The first-order valence-electron chi connectivity index (χ1n) is 12.0. The first-order valence-corrected chi connectivity index (χ1v) is 12.0. The molecule has 3 saturated heterocycles. The molecule has 30 heavy (non-hydrogen) atoms. The first-order chi connectivity index (χ1) is 14.2. The minimum Gasteiger partial charge on any atom is -0.357 e. The van der Waals surface area contributed by atoms with E-state index < -0.39 is 0 Å². The van der Waals surface area contributed by atoms with E-state index in [1.165, 1.54) is 45.1 Å². The quantitative estimate of drug-likeness (QED) is 0.322. The van der Waals surface area contributed by atoms with Crippen molar-refractivity contribution >= 4 is 35.8 Å². The highest BCUT2D eigenvalue weighted by atomic mass is 127. The van der Waals surface area contributed by atoms with E-state index >= 15 is 0 Å². The minimum atomic E-state index is 0. The second kappa shape index (κ2) is 13.7. The fourth-order valence-corrected chi connectivity index (χ4v) is 4.85. The summed E-state index contributed by atoms with van der Waals surface area (Å²) in [7, 11) is 0. The average molecular weight is 535 g/mol. The molecular weight excluding hydrogens is 491 g/mol. The Balaban J connectivity index is 0.00000320. The predicted molar refractivity (Wildman–Crippen MR) is 135 cm³/mol. The molecule has 0 saturated carbocycles. The van der Waals surface area contributed by atoms with Gasteiger partial charge in [-0.2, -0.15) is 0 Å². The van der Waals surface area contributed by atoms with Crippen molar-refractivity contribution in [1.29, 1.82) is 0 Å². The molecule has 0 aromatic heterocycles. The summed E-state index contributed by atoms with van der Waals surface area (Å²) >= 11 is 0. The van der Waals surface area contributed by atoms with Crippen LogP contribution in [-0.2, 0) is 4.79 Å². The van der Waals surface area contributed by atoms with E-state index in [1.54, 1.807) is 0 Å². The van der Waals surface area contributed by atoms with Gasteiger partial charge in [-0.25, -0.2) is 0 Å². The number of guanidine groups is 1. The monoisotopic (exact) mass is 534 g/mol. The van der Waals surface area contributed by atoms with Crippen molar-refractivity contribution in [1.82, 2.24) is 24.9 Å². The number of nitrogens with one attached hydrogen (secondary N) is 1. The Morgan fingerprint density at radius 1 is 0.900 bits per heavy atom. The van der Waals surface area contributed by atoms with Gasteiger partial charge in [0.15, 0.2) is 5.96 Å². The topological polar surface area (TPSA) is 54.4 Å². The number of carbonyl (C=O) groups is 1. The van der Waals surface area contributed by atoms with Crippen molar-refractivity contribution in [2.75, 3.05) is 72.0 Å². The normalized spacial score (nSPS) is 24.5. The molecule has 1 unspecified atom stereocenters. The molecule has 1 N–H and O–H groups in total. The van der Waals surface area contributed by atoms with Gasteiger partial charge in [0.2, 0.25) is 5.91 Å². The zero-order valence-corrected chi connectivity index (χ0v) is 21.5. The molecular formula is C22H43IN6O. The highest BCUT2D eigenvalue weighted by Gasteiger charge is 2.25. The van der Waals surface area contributed by atoms with Gasteiger partial charge in [0.05, 0.1) is 13.1 Å². The molecule has 0 aromatic carbocycles. The van der Waals surface area contributed by atoms with Crippen molar-refractivity contribution < 1.29 is 4.79 Å². The third-order valence-electron chi connectivity index (χ3n) is 6.68. The van der Waals surface area contributed by atoms with Crippen LogP contribution in [0.1, 0.15) is 52.4 Å². The fourth-order valence-electron chi connectivity index (χ4n) is 4.85. The molecule has 0 radical (unpaired) electrons. The lowest BCUT2D eigenvalue weighted by Gasteiger charge is -2.38. The SMILES string of the molecule is CCNC(=NCC1CCCCN1CC)N1CCN(CC(=O)N2CCCCC2)CC1.I. The fraction of sp³-hybridized carbons (Fsp3) is 0.909. The minimum absolute atomic E-state index is 0. The summed E-state index contributed by atoms with van der Waals surface area (Å²) in [6.07, 6.45) is 7.52. The Labute approximate surface area is 200 Å². The Morgan fingerprint density at radius 2 is 1.60 bits per heavy atom. The van der Waals surface area contributed by atoms with Crippen molar-refractivity contribution in [2.45, 2.75) is 58.4 Å². The molecule has 0 bridgehead atoms. The van der Waals surface area contributed by atoms with Gasteiger partial charge < -0.3 is 15.1 Å². The number of carbonyl (C=O) groups excluding carboxylic acids is 1. The number of piperidine rings is 2. The molecule has 3 aliphatic heterocycles. The van der Waals surface area contributed by atoms with E-state index in [1.807, 2.05) is 0 Å². The van der Waals surface area contributed by atoms with Gasteiger partial charge in [-0.15, -0.1) is 24.0 Å². The summed E-state index contributed by atoms with van der Waals surface area (Å²) < 4.78 is 0. The second-order valence-electron chi connectivity index (χ2n) is 8.68. The Kier molecular flexibility index (Phi) is 11.7. The highest BCUT2D eigenvalue weighted by molar-refractivity contribution is 14.0. The Morgan fingerprint density at radius 3 is 2.27 bits per heavy atom. The summed E-state index contributed by atoms with van der Waals surface area (Å²) in [5.74, 6) is 1.37. The number of hydrogen-bond acceptors (Lipinski definition) is 4. The van der Waals surface area contributed by atoms with E-state index in [-0.39, 0.29) is 24.0 Å². The molecule has 7 nitrogen and oxygen atoms in total. The second-order valence-corrected chi connectivity index (χ2v) is 8.68. The molecule has 3 fully saturated rings. The first kappa shape index (κ1) is 25.6. The van der Waals surface area contributed by atoms with Gasteiger partial charge in [-0.1, -0.05) is 13.3 Å². The number of hydrogen-bond donors (Lipinski definition) is 1. The van der Waals surface area contributed by atoms with Crippen LogP contribution < -0.4 is 5.32 Å². The maximum absolute atomic E-state index is 12.6. The molecule has 1 atom stereocenters. The van der Waals surface area contributed by atoms with Gasteiger partial charge in [0.25, 0.3) is 0 Å². The molecule has 1 amide bonds. The third-order valence-corrected chi connectivity index (χ3v) is 6.68. The van der Waals surface area contributed by atoms with Crippen molar-refractivity contribution in [3.8, 4) is 0 Å². The summed E-state index contributed by atoms with van der Waals surface area (Å²) in [5, 5.41) is 3.50. The summed E-state index contributed by atoms with van der Waals surface area (Å²) in [4.78, 5) is 26.9. The van der Waals surface area contributed by atoms with E-state index in [0.717, 1.165) is 64.9 Å². The summed E-state index contributed by atoms with van der Waals surface area (Å²) in [5.41, 5.74) is 0. The lowest BCUT2D eigenvalue weighted by atomic mass is 10.0. The predicted octanol–water partition coefficient (Wildman–Crippen LogP) is 2.07.